The number of phenolic OH excluding ortho intramolecular Hbond substituents is 1. The van der Waals surface area contributed by atoms with Crippen molar-refractivity contribution >= 4 is 0 Å². The van der Waals surface area contributed by atoms with Crippen LogP contribution in [-0.4, -0.2) is 17.8 Å². The first-order chi connectivity index (χ1) is 9.50. The molecular formula is C18H22O2. The molecule has 0 spiro atoms. The minimum Gasteiger partial charge on any atom is -0.508 e. The van der Waals surface area contributed by atoms with E-state index >= 15 is 0 Å². The first-order valence-corrected chi connectivity index (χ1v) is 6.97. The fourth-order valence-electron chi connectivity index (χ4n) is 2.00. The lowest BCUT2D eigenvalue weighted by atomic mass is 9.78. The van der Waals surface area contributed by atoms with Crippen LogP contribution in [0.4, 0.5) is 0 Å². The van der Waals surface area contributed by atoms with E-state index in [1.807, 2.05) is 18.2 Å². The third kappa shape index (κ3) is 3.84. The van der Waals surface area contributed by atoms with Gasteiger partial charge in [0, 0.05) is 5.41 Å². The van der Waals surface area contributed by atoms with Gasteiger partial charge in [-0.3, -0.25) is 0 Å². The first-order valence-electron chi connectivity index (χ1n) is 6.97. The van der Waals surface area contributed by atoms with E-state index in [0.717, 1.165) is 6.61 Å². The van der Waals surface area contributed by atoms with Crippen LogP contribution in [0, 0.1) is 0 Å². The summed E-state index contributed by atoms with van der Waals surface area (Å²) >= 11 is 0. The van der Waals surface area contributed by atoms with Crippen LogP contribution >= 0.6 is 0 Å². The van der Waals surface area contributed by atoms with Gasteiger partial charge in [0.05, 0.1) is 12.7 Å². The van der Waals surface area contributed by atoms with Crippen LogP contribution in [0.1, 0.15) is 31.9 Å². The molecular weight excluding hydrogens is 248 g/mol. The van der Waals surface area contributed by atoms with Gasteiger partial charge in [-0.25, -0.2) is 0 Å². The summed E-state index contributed by atoms with van der Waals surface area (Å²) in [4.78, 5) is 0. The summed E-state index contributed by atoms with van der Waals surface area (Å²) in [7, 11) is 0. The van der Waals surface area contributed by atoms with Crippen LogP contribution in [0.5, 0.6) is 5.75 Å². The van der Waals surface area contributed by atoms with Gasteiger partial charge in [-0.2, -0.15) is 0 Å². The summed E-state index contributed by atoms with van der Waals surface area (Å²) in [6.07, 6.45) is 0.583. The third-order valence-corrected chi connectivity index (χ3v) is 3.58. The second-order valence-electron chi connectivity index (χ2n) is 5.68. The Morgan fingerprint density at radius 2 is 1.40 bits per heavy atom. The fourth-order valence-corrected chi connectivity index (χ4v) is 2.00. The highest BCUT2D eigenvalue weighted by Crippen LogP contribution is 2.31. The van der Waals surface area contributed by atoms with E-state index in [1.165, 1.54) is 11.1 Å². The summed E-state index contributed by atoms with van der Waals surface area (Å²) in [5, 5.41) is 9.29. The predicted octanol–water partition coefficient (Wildman–Crippen LogP) is 4.12. The average molecular weight is 270 g/mol. The Balaban J connectivity index is 0.000000315. The van der Waals surface area contributed by atoms with Crippen LogP contribution in [0.2, 0.25) is 0 Å². The second kappa shape index (κ2) is 6.10. The van der Waals surface area contributed by atoms with Gasteiger partial charge in [0.1, 0.15) is 5.75 Å². The number of phenols is 1. The lowest BCUT2D eigenvalue weighted by Gasteiger charge is -2.26. The first kappa shape index (κ1) is 14.6. The van der Waals surface area contributed by atoms with E-state index in [9.17, 15) is 5.11 Å². The standard InChI is InChI=1S/C15H16O.C3H6O/c1-15(2,12-6-4-3-5-7-12)13-8-10-14(16)11-9-13;1-3-2-4-3/h3-11,16H,1-2H3;3H,2H2,1H3. The highest BCUT2D eigenvalue weighted by Gasteiger charge is 2.22. The van der Waals surface area contributed by atoms with Crippen LogP contribution in [0.25, 0.3) is 0 Å². The fraction of sp³-hybridized carbons (Fsp3) is 0.333. The lowest BCUT2D eigenvalue weighted by molar-refractivity contribution is 0.423. The molecule has 2 aromatic carbocycles. The van der Waals surface area contributed by atoms with E-state index < -0.39 is 0 Å². The quantitative estimate of drug-likeness (QED) is 0.832. The number of rotatable bonds is 2. The number of benzene rings is 2. The van der Waals surface area contributed by atoms with E-state index in [2.05, 4.69) is 45.0 Å². The minimum atomic E-state index is -0.0328. The van der Waals surface area contributed by atoms with Crippen molar-refractivity contribution in [2.24, 2.45) is 0 Å². The summed E-state index contributed by atoms with van der Waals surface area (Å²) in [5.74, 6) is 0.313. The van der Waals surface area contributed by atoms with Gasteiger partial charge < -0.3 is 9.84 Å². The molecule has 0 aliphatic carbocycles. The molecule has 20 heavy (non-hydrogen) atoms. The van der Waals surface area contributed by atoms with Gasteiger partial charge in [-0.15, -0.1) is 0 Å². The molecule has 1 atom stereocenters. The summed E-state index contributed by atoms with van der Waals surface area (Å²) in [5.41, 5.74) is 2.45. The van der Waals surface area contributed by atoms with Gasteiger partial charge in [0.25, 0.3) is 0 Å². The largest absolute Gasteiger partial charge is 0.508 e. The molecule has 1 saturated heterocycles. The van der Waals surface area contributed by atoms with Crippen molar-refractivity contribution in [3.8, 4) is 5.75 Å². The Kier molecular flexibility index (Phi) is 4.46. The molecule has 2 heteroatoms. The summed E-state index contributed by atoms with van der Waals surface area (Å²) < 4.78 is 4.71. The molecule has 3 rings (SSSR count). The Labute approximate surface area is 121 Å². The zero-order valence-corrected chi connectivity index (χ0v) is 12.3. The van der Waals surface area contributed by atoms with Crippen LogP contribution in [0.3, 0.4) is 0 Å². The molecule has 1 unspecified atom stereocenters. The molecule has 1 aliphatic heterocycles. The topological polar surface area (TPSA) is 32.8 Å². The number of hydrogen-bond donors (Lipinski definition) is 1. The molecule has 0 radical (unpaired) electrons. The molecule has 1 aliphatic rings. The molecule has 1 fully saturated rings. The maximum Gasteiger partial charge on any atom is 0.115 e. The number of hydrogen-bond acceptors (Lipinski definition) is 2. The molecule has 0 bridgehead atoms. The van der Waals surface area contributed by atoms with E-state index in [1.54, 1.807) is 12.1 Å². The second-order valence-corrected chi connectivity index (χ2v) is 5.68. The molecule has 2 nitrogen and oxygen atoms in total. The molecule has 0 amide bonds. The average Bonchev–Trinajstić information content (AvgIpc) is 3.23. The van der Waals surface area contributed by atoms with E-state index in [-0.39, 0.29) is 5.41 Å². The van der Waals surface area contributed by atoms with Gasteiger partial charge in [-0.05, 0) is 30.2 Å². The molecule has 2 aromatic rings. The van der Waals surface area contributed by atoms with Crippen LogP contribution in [-0.2, 0) is 10.2 Å². The molecule has 0 aromatic heterocycles. The Morgan fingerprint density at radius 1 is 0.950 bits per heavy atom. The number of aromatic hydroxyl groups is 1. The molecule has 106 valence electrons. The minimum absolute atomic E-state index is 0.0328. The van der Waals surface area contributed by atoms with Gasteiger partial charge in [0.15, 0.2) is 0 Å². The monoisotopic (exact) mass is 270 g/mol. The zero-order valence-electron chi connectivity index (χ0n) is 12.3. The smallest absolute Gasteiger partial charge is 0.115 e. The number of ether oxygens (including phenoxy) is 1. The predicted molar refractivity (Wildman–Crippen MR) is 82.1 cm³/mol. The normalized spacial score (nSPS) is 17.1. The Hall–Kier alpha value is -1.80. The third-order valence-electron chi connectivity index (χ3n) is 3.58. The van der Waals surface area contributed by atoms with Crippen molar-refractivity contribution in [3.63, 3.8) is 0 Å². The van der Waals surface area contributed by atoms with E-state index in [4.69, 9.17) is 4.74 Å². The molecule has 1 N–H and O–H groups in total. The summed E-state index contributed by atoms with van der Waals surface area (Å²) in [6.45, 7) is 7.42. The summed E-state index contributed by atoms with van der Waals surface area (Å²) in [6, 6.07) is 17.8. The molecule has 0 saturated carbocycles. The van der Waals surface area contributed by atoms with Crippen molar-refractivity contribution < 1.29 is 9.84 Å². The van der Waals surface area contributed by atoms with Gasteiger partial charge in [0.2, 0.25) is 0 Å². The SMILES string of the molecule is CC(C)(c1ccccc1)c1ccc(O)cc1.CC1CO1. The van der Waals surface area contributed by atoms with E-state index in [0.29, 0.717) is 11.9 Å². The lowest BCUT2D eigenvalue weighted by Crippen LogP contribution is -2.18. The van der Waals surface area contributed by atoms with Crippen molar-refractivity contribution in [3.05, 3.63) is 65.7 Å². The van der Waals surface area contributed by atoms with Crippen LogP contribution < -0.4 is 0 Å². The van der Waals surface area contributed by atoms with Crippen molar-refractivity contribution in [1.29, 1.82) is 0 Å². The van der Waals surface area contributed by atoms with Crippen molar-refractivity contribution in [2.45, 2.75) is 32.3 Å². The Bertz CT molecular complexity index is 525. The van der Waals surface area contributed by atoms with Crippen LogP contribution in [0.15, 0.2) is 54.6 Å². The van der Waals surface area contributed by atoms with Crippen molar-refractivity contribution in [1.82, 2.24) is 0 Å². The Morgan fingerprint density at radius 3 is 1.85 bits per heavy atom. The highest BCUT2D eigenvalue weighted by atomic mass is 16.6. The number of epoxide rings is 1. The zero-order chi connectivity index (χ0) is 14.6. The van der Waals surface area contributed by atoms with Gasteiger partial charge in [-0.1, -0.05) is 56.3 Å². The maximum absolute atomic E-state index is 9.29. The highest BCUT2D eigenvalue weighted by molar-refractivity contribution is 5.39. The van der Waals surface area contributed by atoms with Crippen molar-refractivity contribution in [2.75, 3.05) is 6.61 Å². The van der Waals surface area contributed by atoms with Gasteiger partial charge >= 0.3 is 0 Å². The maximum atomic E-state index is 9.29. The molecule has 1 heterocycles.